The van der Waals surface area contributed by atoms with Gasteiger partial charge in [-0.1, -0.05) is 30.4 Å². The van der Waals surface area contributed by atoms with Crippen LogP contribution in [0.2, 0.25) is 0 Å². The van der Waals surface area contributed by atoms with Gasteiger partial charge in [-0.2, -0.15) is 0 Å². The summed E-state index contributed by atoms with van der Waals surface area (Å²) in [5, 5.41) is 15.1. The van der Waals surface area contributed by atoms with E-state index in [9.17, 15) is 10.1 Å². The molecule has 5 nitrogen and oxygen atoms in total. The van der Waals surface area contributed by atoms with Crippen LogP contribution >= 0.6 is 0 Å². The molecule has 3 atom stereocenters. The number of nitrogens with zero attached hydrogens (tertiary/aromatic N) is 1. The quantitative estimate of drug-likeness (QED) is 0.478. The van der Waals surface area contributed by atoms with E-state index in [1.165, 1.54) is 29.5 Å². The number of hydrogen-bond acceptors (Lipinski definition) is 4. The minimum absolute atomic E-state index is 0.0149. The number of nitrogens with one attached hydrogen (secondary N) is 1. The number of rotatable bonds is 3. The molecule has 4 rings (SSSR count). The second-order valence-electron chi connectivity index (χ2n) is 7.15. The van der Waals surface area contributed by atoms with Crippen LogP contribution in [0.25, 0.3) is 0 Å². The Morgan fingerprint density at radius 3 is 2.69 bits per heavy atom. The number of benzene rings is 2. The van der Waals surface area contributed by atoms with Crippen LogP contribution in [0.3, 0.4) is 0 Å². The van der Waals surface area contributed by atoms with Crippen molar-refractivity contribution in [1.82, 2.24) is 0 Å². The number of hydrogen-bond donors (Lipinski definition) is 1. The topological polar surface area (TPSA) is 64.4 Å². The highest BCUT2D eigenvalue weighted by molar-refractivity contribution is 5.66. The zero-order valence-corrected chi connectivity index (χ0v) is 15.2. The third-order valence-electron chi connectivity index (χ3n) is 5.70. The standard InChI is InChI=1S/C21H22N2O3/c1-12-7-8-13(2)20-19(12)15-5-4-6-16(15)21(22-20)14-9-10-18(26-3)17(11-14)23(24)25/h4-5,7-11,15-16,21-22H,6H2,1-3H3/t15?,16?,21-/m1/s1. The molecule has 0 aromatic heterocycles. The van der Waals surface area contributed by atoms with Crippen molar-refractivity contribution in [3.8, 4) is 5.75 Å². The third kappa shape index (κ3) is 2.46. The number of aryl methyl sites for hydroxylation is 2. The van der Waals surface area contributed by atoms with Gasteiger partial charge in [-0.25, -0.2) is 0 Å². The second-order valence-corrected chi connectivity index (χ2v) is 7.15. The maximum atomic E-state index is 11.4. The summed E-state index contributed by atoms with van der Waals surface area (Å²) in [6.07, 6.45) is 5.50. The van der Waals surface area contributed by atoms with Crippen LogP contribution < -0.4 is 10.1 Å². The Balaban J connectivity index is 1.83. The Labute approximate surface area is 152 Å². The maximum Gasteiger partial charge on any atom is 0.311 e. The van der Waals surface area contributed by atoms with Gasteiger partial charge in [-0.15, -0.1) is 0 Å². The van der Waals surface area contributed by atoms with Crippen LogP contribution in [0, 0.1) is 29.9 Å². The normalized spacial score (nSPS) is 23.1. The minimum atomic E-state index is -0.376. The molecule has 2 aromatic rings. The fourth-order valence-electron chi connectivity index (χ4n) is 4.42. The lowest BCUT2D eigenvalue weighted by molar-refractivity contribution is -0.385. The molecule has 26 heavy (non-hydrogen) atoms. The van der Waals surface area contributed by atoms with E-state index in [1.807, 2.05) is 6.07 Å². The Morgan fingerprint density at radius 1 is 1.19 bits per heavy atom. The first-order valence-electron chi connectivity index (χ1n) is 8.87. The summed E-state index contributed by atoms with van der Waals surface area (Å²) in [4.78, 5) is 11.1. The van der Waals surface area contributed by atoms with Gasteiger partial charge >= 0.3 is 5.69 Å². The Hall–Kier alpha value is -2.82. The summed E-state index contributed by atoms with van der Waals surface area (Å²) < 4.78 is 5.15. The first kappa shape index (κ1) is 16.6. The molecule has 2 aromatic carbocycles. The fraction of sp³-hybridized carbons (Fsp3) is 0.333. The van der Waals surface area contributed by atoms with E-state index in [-0.39, 0.29) is 16.7 Å². The van der Waals surface area contributed by atoms with Crippen LogP contribution in [0.1, 0.15) is 40.6 Å². The SMILES string of the molecule is COc1ccc([C@H]2Nc3c(C)ccc(C)c3C3C=CCC32)cc1[N+](=O)[O-]. The summed E-state index contributed by atoms with van der Waals surface area (Å²) >= 11 is 0. The maximum absolute atomic E-state index is 11.4. The molecule has 134 valence electrons. The van der Waals surface area contributed by atoms with Gasteiger partial charge in [0.1, 0.15) is 0 Å². The molecule has 0 fully saturated rings. The van der Waals surface area contributed by atoms with Gasteiger partial charge in [0.15, 0.2) is 5.75 Å². The highest BCUT2D eigenvalue weighted by atomic mass is 16.6. The summed E-state index contributed by atoms with van der Waals surface area (Å²) in [6.45, 7) is 4.26. The van der Waals surface area contributed by atoms with Crippen molar-refractivity contribution in [2.24, 2.45) is 5.92 Å². The van der Waals surface area contributed by atoms with Gasteiger partial charge in [0, 0.05) is 17.7 Å². The molecule has 2 aliphatic rings. The summed E-state index contributed by atoms with van der Waals surface area (Å²) in [5.41, 5.74) is 5.98. The number of nitro groups is 1. The van der Waals surface area contributed by atoms with E-state index in [2.05, 4.69) is 43.4 Å². The number of methoxy groups -OCH3 is 1. The average molecular weight is 350 g/mol. The number of anilines is 1. The lowest BCUT2D eigenvalue weighted by Gasteiger charge is -2.39. The van der Waals surface area contributed by atoms with E-state index in [0.29, 0.717) is 17.6 Å². The lowest BCUT2D eigenvalue weighted by Crippen LogP contribution is -2.30. The third-order valence-corrected chi connectivity index (χ3v) is 5.70. The number of nitro benzene ring substituents is 1. The number of allylic oxidation sites excluding steroid dienone is 2. The zero-order valence-electron chi connectivity index (χ0n) is 15.2. The van der Waals surface area contributed by atoms with Crippen molar-refractivity contribution < 1.29 is 9.66 Å². The molecule has 0 saturated carbocycles. The van der Waals surface area contributed by atoms with Crippen molar-refractivity contribution in [3.05, 3.63) is 74.9 Å². The highest BCUT2D eigenvalue weighted by Gasteiger charge is 2.39. The molecule has 0 bridgehead atoms. The van der Waals surface area contributed by atoms with Crippen molar-refractivity contribution in [3.63, 3.8) is 0 Å². The van der Waals surface area contributed by atoms with Crippen LogP contribution in [0.5, 0.6) is 5.75 Å². The highest BCUT2D eigenvalue weighted by Crippen LogP contribution is 2.52. The van der Waals surface area contributed by atoms with E-state index in [0.717, 1.165) is 12.0 Å². The molecule has 0 spiro atoms. The van der Waals surface area contributed by atoms with E-state index < -0.39 is 0 Å². The molecule has 0 radical (unpaired) electrons. The fourth-order valence-corrected chi connectivity index (χ4v) is 4.42. The van der Waals surface area contributed by atoms with E-state index >= 15 is 0 Å². The first-order chi connectivity index (χ1) is 12.5. The summed E-state index contributed by atoms with van der Waals surface area (Å²) in [6, 6.07) is 9.64. The van der Waals surface area contributed by atoms with Crippen molar-refractivity contribution in [2.45, 2.75) is 32.2 Å². The average Bonchev–Trinajstić information content (AvgIpc) is 3.13. The van der Waals surface area contributed by atoms with Crippen molar-refractivity contribution in [2.75, 3.05) is 12.4 Å². The molecule has 0 amide bonds. The van der Waals surface area contributed by atoms with Crippen molar-refractivity contribution in [1.29, 1.82) is 0 Å². The van der Waals surface area contributed by atoms with Crippen LogP contribution in [0.4, 0.5) is 11.4 Å². The molecule has 0 saturated heterocycles. The molecule has 5 heteroatoms. The molecule has 1 aliphatic carbocycles. The molecular formula is C21H22N2O3. The smallest absolute Gasteiger partial charge is 0.311 e. The number of ether oxygens (including phenoxy) is 1. The molecular weight excluding hydrogens is 328 g/mol. The molecule has 2 unspecified atom stereocenters. The monoisotopic (exact) mass is 350 g/mol. The lowest BCUT2D eigenvalue weighted by atomic mass is 9.75. The Kier molecular flexibility index (Phi) is 3.94. The molecule has 1 N–H and O–H groups in total. The van der Waals surface area contributed by atoms with Crippen LogP contribution in [-0.2, 0) is 0 Å². The van der Waals surface area contributed by atoms with Crippen LogP contribution in [-0.4, -0.2) is 12.0 Å². The Morgan fingerprint density at radius 2 is 1.96 bits per heavy atom. The molecule has 1 aliphatic heterocycles. The second kappa shape index (κ2) is 6.16. The molecule has 1 heterocycles. The first-order valence-corrected chi connectivity index (χ1v) is 8.87. The summed E-state index contributed by atoms with van der Waals surface area (Å²) in [7, 11) is 1.46. The zero-order chi connectivity index (χ0) is 18.4. The predicted molar refractivity (Wildman–Crippen MR) is 102 cm³/mol. The van der Waals surface area contributed by atoms with Gasteiger partial charge in [0.05, 0.1) is 18.1 Å². The largest absolute Gasteiger partial charge is 0.490 e. The van der Waals surface area contributed by atoms with Gasteiger partial charge in [0.2, 0.25) is 0 Å². The van der Waals surface area contributed by atoms with E-state index in [1.54, 1.807) is 12.1 Å². The van der Waals surface area contributed by atoms with E-state index in [4.69, 9.17) is 4.74 Å². The van der Waals surface area contributed by atoms with Gasteiger partial charge in [0.25, 0.3) is 0 Å². The minimum Gasteiger partial charge on any atom is -0.490 e. The summed E-state index contributed by atoms with van der Waals surface area (Å²) in [5.74, 6) is 0.997. The Bertz CT molecular complexity index is 920. The van der Waals surface area contributed by atoms with Gasteiger partial charge in [-0.3, -0.25) is 10.1 Å². The van der Waals surface area contributed by atoms with Crippen molar-refractivity contribution >= 4 is 11.4 Å². The number of fused-ring (bicyclic) bond motifs is 3. The predicted octanol–water partition coefficient (Wildman–Crippen LogP) is 5.05. The van der Waals surface area contributed by atoms with Gasteiger partial charge in [-0.05, 0) is 54.5 Å². The van der Waals surface area contributed by atoms with Gasteiger partial charge < -0.3 is 10.1 Å². The van der Waals surface area contributed by atoms with Crippen LogP contribution in [0.15, 0.2) is 42.5 Å².